The number of rotatable bonds is 3. The Morgan fingerprint density at radius 2 is 1.11 bits per heavy atom. The van der Waals surface area contributed by atoms with E-state index in [9.17, 15) is 0 Å². The molecule has 45 heavy (non-hydrogen) atoms. The lowest BCUT2D eigenvalue weighted by Crippen LogP contribution is -1.99. The number of benzene rings is 7. The van der Waals surface area contributed by atoms with Crippen molar-refractivity contribution in [2.75, 3.05) is 0 Å². The van der Waals surface area contributed by atoms with Crippen molar-refractivity contribution in [1.29, 1.82) is 0 Å². The minimum atomic E-state index is 1.11. The Hall–Kier alpha value is -5.40. The van der Waals surface area contributed by atoms with Crippen molar-refractivity contribution in [3.8, 4) is 33.4 Å². The second-order valence-electron chi connectivity index (χ2n) is 12.6. The van der Waals surface area contributed by atoms with Gasteiger partial charge in [-0.25, -0.2) is 0 Å². The Labute approximate surface area is 263 Å². The fraction of sp³-hybridized carbons (Fsp3) is 0.0909. The Bertz CT molecular complexity index is 2450. The van der Waals surface area contributed by atoms with Crippen molar-refractivity contribution < 1.29 is 0 Å². The molecule has 0 amide bonds. The Kier molecular flexibility index (Phi) is 5.83. The second-order valence-corrected chi connectivity index (χ2v) is 12.6. The maximum atomic E-state index is 2.39. The highest BCUT2D eigenvalue weighted by atomic mass is 14.9. The lowest BCUT2D eigenvalue weighted by molar-refractivity contribution is 0.824. The van der Waals surface area contributed by atoms with Crippen LogP contribution in [-0.2, 0) is 13.5 Å². The molecule has 0 saturated heterocycles. The lowest BCUT2D eigenvalue weighted by atomic mass is 9.85. The highest BCUT2D eigenvalue weighted by molar-refractivity contribution is 6.21. The summed E-state index contributed by atoms with van der Waals surface area (Å²) < 4.78 is 2.38. The molecule has 1 heterocycles. The molecule has 1 aliphatic rings. The third-order valence-corrected chi connectivity index (χ3v) is 9.90. The van der Waals surface area contributed by atoms with Crippen LogP contribution in [-0.4, -0.2) is 4.57 Å². The van der Waals surface area contributed by atoms with Crippen LogP contribution in [0.3, 0.4) is 0 Å². The molecule has 0 unspecified atom stereocenters. The molecule has 8 aromatic rings. The molecule has 0 aliphatic heterocycles. The van der Waals surface area contributed by atoms with E-state index >= 15 is 0 Å². The van der Waals surface area contributed by atoms with E-state index in [1.165, 1.54) is 93.4 Å². The summed E-state index contributed by atoms with van der Waals surface area (Å²) in [6, 6.07) is 47.7. The average Bonchev–Trinajstić information content (AvgIpc) is 3.38. The summed E-state index contributed by atoms with van der Waals surface area (Å²) in [5.74, 6) is 0. The quantitative estimate of drug-likeness (QED) is 0.185. The first-order valence-corrected chi connectivity index (χ1v) is 16.0. The van der Waals surface area contributed by atoms with Gasteiger partial charge in [0.2, 0.25) is 0 Å². The van der Waals surface area contributed by atoms with E-state index in [0.29, 0.717) is 0 Å². The van der Waals surface area contributed by atoms with Gasteiger partial charge >= 0.3 is 0 Å². The molecular formula is C44H33N. The van der Waals surface area contributed by atoms with Gasteiger partial charge in [0.15, 0.2) is 0 Å². The molecule has 0 atom stereocenters. The number of aromatic nitrogens is 1. The van der Waals surface area contributed by atoms with E-state index in [-0.39, 0.29) is 0 Å². The summed E-state index contributed by atoms with van der Waals surface area (Å²) in [7, 11) is 2.21. The molecule has 0 bridgehead atoms. The number of hydrogen-bond acceptors (Lipinski definition) is 0. The van der Waals surface area contributed by atoms with Crippen LogP contribution >= 0.6 is 0 Å². The summed E-state index contributed by atoms with van der Waals surface area (Å²) in [5.41, 5.74) is 13.0. The molecule has 1 nitrogen and oxygen atoms in total. The van der Waals surface area contributed by atoms with Gasteiger partial charge in [-0.05, 0) is 110 Å². The van der Waals surface area contributed by atoms with Crippen molar-refractivity contribution >= 4 is 49.3 Å². The molecule has 1 aliphatic carbocycles. The largest absolute Gasteiger partial charge is 0.347 e. The number of nitrogens with zero attached hydrogens (tertiary/aromatic N) is 1. The molecule has 0 fully saturated rings. The first kappa shape index (κ1) is 26.0. The zero-order chi connectivity index (χ0) is 30.1. The van der Waals surface area contributed by atoms with Crippen LogP contribution in [0, 0.1) is 6.92 Å². The summed E-state index contributed by atoms with van der Waals surface area (Å²) in [6.07, 6.45) is 6.86. The molecule has 0 saturated carbocycles. The monoisotopic (exact) mass is 575 g/mol. The van der Waals surface area contributed by atoms with Crippen LogP contribution in [0.5, 0.6) is 0 Å². The minimum absolute atomic E-state index is 1.11. The normalized spacial score (nSPS) is 12.8. The van der Waals surface area contributed by atoms with E-state index in [1.807, 2.05) is 0 Å². The summed E-state index contributed by atoms with van der Waals surface area (Å²) in [5, 5.41) is 9.04. The van der Waals surface area contributed by atoms with Gasteiger partial charge in [0, 0.05) is 29.2 Å². The van der Waals surface area contributed by atoms with E-state index in [2.05, 4.69) is 158 Å². The first-order valence-electron chi connectivity index (χ1n) is 16.0. The number of allylic oxidation sites excluding steroid dienone is 1. The maximum absolute atomic E-state index is 2.39. The lowest BCUT2D eigenvalue weighted by Gasteiger charge is -2.18. The SMILES string of the molecule is Cc1ccc2cc(-c3c4ccccc4c(-c4cccc(-c5ccc6c(c5)c5c(n6C)CCC=C5)c4)c4ccccc34)ccc2c1. The van der Waals surface area contributed by atoms with Crippen LogP contribution < -0.4 is 0 Å². The molecule has 0 radical (unpaired) electrons. The fourth-order valence-corrected chi connectivity index (χ4v) is 7.74. The van der Waals surface area contributed by atoms with Gasteiger partial charge in [-0.2, -0.15) is 0 Å². The van der Waals surface area contributed by atoms with Crippen molar-refractivity contribution in [2.24, 2.45) is 7.05 Å². The van der Waals surface area contributed by atoms with Crippen LogP contribution in [0.25, 0.3) is 82.7 Å². The van der Waals surface area contributed by atoms with Gasteiger partial charge in [0.05, 0.1) is 0 Å². The van der Waals surface area contributed by atoms with E-state index in [1.54, 1.807) is 0 Å². The Balaban J connectivity index is 1.26. The van der Waals surface area contributed by atoms with Crippen molar-refractivity contribution in [1.82, 2.24) is 4.57 Å². The number of aryl methyl sites for hydroxylation is 2. The highest BCUT2D eigenvalue weighted by Crippen LogP contribution is 2.45. The van der Waals surface area contributed by atoms with Gasteiger partial charge in [0.25, 0.3) is 0 Å². The topological polar surface area (TPSA) is 4.93 Å². The van der Waals surface area contributed by atoms with Gasteiger partial charge in [-0.3, -0.25) is 0 Å². The average molecular weight is 576 g/mol. The molecule has 0 spiro atoms. The minimum Gasteiger partial charge on any atom is -0.347 e. The van der Waals surface area contributed by atoms with Crippen LogP contribution in [0.15, 0.2) is 133 Å². The Morgan fingerprint density at radius 3 is 1.84 bits per heavy atom. The molecule has 214 valence electrons. The molecule has 1 aromatic heterocycles. The molecular weight excluding hydrogens is 542 g/mol. The van der Waals surface area contributed by atoms with Crippen LogP contribution in [0.4, 0.5) is 0 Å². The standard InChI is InChI=1S/C44H33N/c1-28-18-19-31-26-34(21-20-30(31)24-28)44-38-15-5-3-13-36(38)43(37-14-4-6-16-39(37)44)33-11-9-10-29(25-33)32-22-23-42-40(27-32)35-12-7-8-17-41(35)45(42)2/h3-7,9-16,18-27H,8,17H2,1-2H3. The first-order chi connectivity index (χ1) is 22.1. The zero-order valence-electron chi connectivity index (χ0n) is 25.6. The summed E-state index contributed by atoms with van der Waals surface area (Å²) >= 11 is 0. The van der Waals surface area contributed by atoms with Gasteiger partial charge < -0.3 is 4.57 Å². The highest BCUT2D eigenvalue weighted by Gasteiger charge is 2.19. The molecule has 1 heteroatoms. The zero-order valence-corrected chi connectivity index (χ0v) is 25.6. The van der Waals surface area contributed by atoms with Gasteiger partial charge in [-0.1, -0.05) is 121 Å². The number of fused-ring (bicyclic) bond motifs is 6. The maximum Gasteiger partial charge on any atom is 0.0486 e. The molecule has 0 N–H and O–H groups in total. The third kappa shape index (κ3) is 4.08. The third-order valence-electron chi connectivity index (χ3n) is 9.90. The number of hydrogen-bond donors (Lipinski definition) is 0. The van der Waals surface area contributed by atoms with Crippen molar-refractivity contribution in [3.63, 3.8) is 0 Å². The van der Waals surface area contributed by atoms with Crippen LogP contribution in [0.2, 0.25) is 0 Å². The van der Waals surface area contributed by atoms with Gasteiger partial charge in [0.1, 0.15) is 0 Å². The van der Waals surface area contributed by atoms with Crippen molar-refractivity contribution in [3.05, 3.63) is 150 Å². The predicted octanol–water partition coefficient (Wildman–Crippen LogP) is 11.9. The van der Waals surface area contributed by atoms with Gasteiger partial charge in [-0.15, -0.1) is 0 Å². The summed E-state index contributed by atoms with van der Waals surface area (Å²) in [4.78, 5) is 0. The fourth-order valence-electron chi connectivity index (χ4n) is 7.74. The molecule has 9 rings (SSSR count). The Morgan fingerprint density at radius 1 is 0.511 bits per heavy atom. The second kappa shape index (κ2) is 10.1. The van der Waals surface area contributed by atoms with E-state index in [0.717, 1.165) is 12.8 Å². The summed E-state index contributed by atoms with van der Waals surface area (Å²) in [6.45, 7) is 2.16. The van der Waals surface area contributed by atoms with Crippen molar-refractivity contribution in [2.45, 2.75) is 19.8 Å². The van der Waals surface area contributed by atoms with E-state index < -0.39 is 0 Å². The smallest absolute Gasteiger partial charge is 0.0486 e. The van der Waals surface area contributed by atoms with Crippen LogP contribution in [0.1, 0.15) is 23.2 Å². The van der Waals surface area contributed by atoms with E-state index in [4.69, 9.17) is 0 Å². The predicted molar refractivity (Wildman–Crippen MR) is 194 cm³/mol. The molecule has 7 aromatic carbocycles.